The van der Waals surface area contributed by atoms with Crippen LogP contribution in [0.5, 0.6) is 5.75 Å². The van der Waals surface area contributed by atoms with Crippen molar-refractivity contribution in [1.29, 1.82) is 0 Å². The number of aliphatic imine (C=N–C) groups is 1. The van der Waals surface area contributed by atoms with Gasteiger partial charge in [0.1, 0.15) is 16.1 Å². The summed E-state index contributed by atoms with van der Waals surface area (Å²) in [5.41, 5.74) is 3.38. The van der Waals surface area contributed by atoms with E-state index in [1.54, 1.807) is 24.3 Å². The highest BCUT2D eigenvalue weighted by molar-refractivity contribution is 6.69. The number of aromatic hydroxyl groups is 1. The summed E-state index contributed by atoms with van der Waals surface area (Å²) < 4.78 is 0. The normalized spacial score (nSPS) is 16.4. The van der Waals surface area contributed by atoms with E-state index in [4.69, 9.17) is 23.2 Å². The number of allylic oxidation sites excluding steroid dienone is 2. The molecule has 5 heteroatoms. The molecule has 1 aliphatic heterocycles. The Hall–Kier alpha value is -1.97. The van der Waals surface area contributed by atoms with Crippen LogP contribution < -0.4 is 0 Å². The molecule has 2 N–H and O–H groups in total. The maximum Gasteiger partial charge on any atom is 0.129 e. The first-order chi connectivity index (χ1) is 9.63. The number of hydrogen-bond donors (Lipinski definition) is 2. The summed E-state index contributed by atoms with van der Waals surface area (Å²) in [6.07, 6.45) is 3.58. The summed E-state index contributed by atoms with van der Waals surface area (Å²) in [6, 6.07) is 10.6. The van der Waals surface area contributed by atoms with E-state index in [0.29, 0.717) is 10.3 Å². The van der Waals surface area contributed by atoms with Gasteiger partial charge in [0.05, 0.1) is 5.70 Å². The average molecular weight is 305 g/mol. The maximum absolute atomic E-state index is 9.41. The lowest BCUT2D eigenvalue weighted by Crippen LogP contribution is -1.91. The molecule has 1 aromatic carbocycles. The van der Waals surface area contributed by atoms with Gasteiger partial charge in [0.25, 0.3) is 0 Å². The SMILES string of the molecule is Oc1ccc(/C(=C2\C=CC(Cl)=N2)c2ccc(Cl)[nH]2)cc1. The molecular formula is C15H10Cl2N2O. The van der Waals surface area contributed by atoms with Crippen molar-refractivity contribution in [3.05, 3.63) is 70.7 Å². The molecule has 0 saturated carbocycles. The van der Waals surface area contributed by atoms with Gasteiger partial charge in [-0.1, -0.05) is 35.3 Å². The molecule has 3 nitrogen and oxygen atoms in total. The maximum atomic E-state index is 9.41. The molecule has 3 rings (SSSR count). The molecule has 0 saturated heterocycles. The van der Waals surface area contributed by atoms with Crippen LogP contribution in [0.25, 0.3) is 5.57 Å². The number of hydrogen-bond acceptors (Lipinski definition) is 2. The van der Waals surface area contributed by atoms with Crippen molar-refractivity contribution < 1.29 is 5.11 Å². The van der Waals surface area contributed by atoms with Crippen LogP contribution in [-0.4, -0.2) is 15.3 Å². The van der Waals surface area contributed by atoms with E-state index in [1.165, 1.54) is 0 Å². The number of nitrogens with zero attached hydrogens (tertiary/aromatic N) is 1. The smallest absolute Gasteiger partial charge is 0.129 e. The zero-order valence-electron chi connectivity index (χ0n) is 10.3. The Morgan fingerprint density at radius 1 is 1.00 bits per heavy atom. The van der Waals surface area contributed by atoms with Gasteiger partial charge in [0.2, 0.25) is 0 Å². The molecule has 0 atom stereocenters. The number of rotatable bonds is 2. The molecule has 100 valence electrons. The van der Waals surface area contributed by atoms with Gasteiger partial charge < -0.3 is 10.1 Å². The van der Waals surface area contributed by atoms with Gasteiger partial charge in [-0.2, -0.15) is 0 Å². The van der Waals surface area contributed by atoms with Crippen LogP contribution in [0.3, 0.4) is 0 Å². The van der Waals surface area contributed by atoms with Crippen LogP contribution in [0, 0.1) is 0 Å². The third kappa shape index (κ3) is 2.50. The highest BCUT2D eigenvalue weighted by Gasteiger charge is 2.15. The predicted octanol–water partition coefficient (Wildman–Crippen LogP) is 4.34. The summed E-state index contributed by atoms with van der Waals surface area (Å²) in [6.45, 7) is 0. The summed E-state index contributed by atoms with van der Waals surface area (Å²) >= 11 is 11.9. The molecular weight excluding hydrogens is 295 g/mol. The molecule has 20 heavy (non-hydrogen) atoms. The van der Waals surface area contributed by atoms with Crippen LogP contribution in [0.2, 0.25) is 5.15 Å². The fraction of sp³-hybridized carbons (Fsp3) is 0. The van der Waals surface area contributed by atoms with E-state index >= 15 is 0 Å². The van der Waals surface area contributed by atoms with Gasteiger partial charge in [-0.3, -0.25) is 0 Å². The summed E-state index contributed by atoms with van der Waals surface area (Å²) in [5, 5.41) is 10.4. The molecule has 2 heterocycles. The number of benzene rings is 1. The van der Waals surface area contributed by atoms with E-state index < -0.39 is 0 Å². The number of aromatic amines is 1. The quantitative estimate of drug-likeness (QED) is 0.852. The topological polar surface area (TPSA) is 48.4 Å². The molecule has 0 spiro atoms. The summed E-state index contributed by atoms with van der Waals surface area (Å²) in [5.74, 6) is 0.214. The third-order valence-corrected chi connectivity index (χ3v) is 3.37. The standard InChI is InChI=1S/C15H10Cl2N2O/c16-13-7-5-11(18-13)15(12-6-8-14(17)19-12)9-1-3-10(20)4-2-9/h1-8,18,20H/b15-12-. The minimum atomic E-state index is 0.214. The average Bonchev–Trinajstić information content (AvgIpc) is 3.02. The Balaban J connectivity index is 2.19. The number of halogens is 2. The van der Waals surface area contributed by atoms with Crippen molar-refractivity contribution in [3.8, 4) is 5.75 Å². The van der Waals surface area contributed by atoms with Gasteiger partial charge in [0.15, 0.2) is 0 Å². The zero-order valence-corrected chi connectivity index (χ0v) is 11.8. The second-order valence-corrected chi connectivity index (χ2v) is 5.09. The first-order valence-corrected chi connectivity index (χ1v) is 6.70. The lowest BCUT2D eigenvalue weighted by molar-refractivity contribution is 0.475. The van der Waals surface area contributed by atoms with Gasteiger partial charge in [-0.25, -0.2) is 4.99 Å². The zero-order chi connectivity index (χ0) is 14.1. The molecule has 0 amide bonds. The van der Waals surface area contributed by atoms with Crippen molar-refractivity contribution in [1.82, 2.24) is 4.98 Å². The molecule has 0 unspecified atom stereocenters. The Bertz CT molecular complexity index is 739. The lowest BCUT2D eigenvalue weighted by Gasteiger charge is -2.08. The summed E-state index contributed by atoms with van der Waals surface area (Å²) in [4.78, 5) is 7.38. The monoisotopic (exact) mass is 304 g/mol. The molecule has 0 bridgehead atoms. The van der Waals surface area contributed by atoms with Crippen LogP contribution in [0.15, 0.2) is 59.2 Å². The second kappa shape index (κ2) is 5.19. The number of phenols is 1. The highest BCUT2D eigenvalue weighted by Crippen LogP contribution is 2.31. The summed E-state index contributed by atoms with van der Waals surface area (Å²) in [7, 11) is 0. The number of H-pyrrole nitrogens is 1. The molecule has 0 radical (unpaired) electrons. The third-order valence-electron chi connectivity index (χ3n) is 2.94. The van der Waals surface area contributed by atoms with Crippen LogP contribution >= 0.6 is 23.2 Å². The lowest BCUT2D eigenvalue weighted by atomic mass is 10.0. The van der Waals surface area contributed by atoms with Crippen LogP contribution in [-0.2, 0) is 0 Å². The first-order valence-electron chi connectivity index (χ1n) is 5.94. The Labute approximate surface area is 125 Å². The van der Waals surface area contributed by atoms with Crippen LogP contribution in [0.1, 0.15) is 11.3 Å². The Morgan fingerprint density at radius 3 is 2.30 bits per heavy atom. The largest absolute Gasteiger partial charge is 0.508 e. The Morgan fingerprint density at radius 2 is 1.75 bits per heavy atom. The van der Waals surface area contributed by atoms with E-state index in [-0.39, 0.29) is 5.75 Å². The minimum absolute atomic E-state index is 0.214. The van der Waals surface area contributed by atoms with Crippen LogP contribution in [0.4, 0.5) is 0 Å². The number of phenolic OH excluding ortho intramolecular Hbond substituents is 1. The second-order valence-electron chi connectivity index (χ2n) is 4.29. The fourth-order valence-electron chi connectivity index (χ4n) is 2.06. The van der Waals surface area contributed by atoms with E-state index in [1.807, 2.05) is 24.3 Å². The predicted molar refractivity (Wildman–Crippen MR) is 82.4 cm³/mol. The van der Waals surface area contributed by atoms with Gasteiger partial charge in [0, 0.05) is 11.3 Å². The van der Waals surface area contributed by atoms with Gasteiger partial charge >= 0.3 is 0 Å². The van der Waals surface area contributed by atoms with Gasteiger partial charge in [-0.05, 0) is 42.0 Å². The highest BCUT2D eigenvalue weighted by atomic mass is 35.5. The molecule has 0 fully saturated rings. The van der Waals surface area contributed by atoms with Crippen molar-refractivity contribution in [2.24, 2.45) is 4.99 Å². The van der Waals surface area contributed by atoms with Crippen molar-refractivity contribution in [2.75, 3.05) is 0 Å². The van der Waals surface area contributed by atoms with E-state index in [2.05, 4.69) is 9.98 Å². The van der Waals surface area contributed by atoms with E-state index in [0.717, 1.165) is 22.5 Å². The molecule has 1 aromatic heterocycles. The molecule has 1 aliphatic rings. The molecule has 0 aliphatic carbocycles. The fourth-order valence-corrected chi connectivity index (χ4v) is 2.38. The molecule has 2 aromatic rings. The number of aromatic nitrogens is 1. The van der Waals surface area contributed by atoms with Crippen molar-refractivity contribution >= 4 is 33.9 Å². The van der Waals surface area contributed by atoms with Crippen molar-refractivity contribution in [3.63, 3.8) is 0 Å². The Kier molecular flexibility index (Phi) is 3.38. The van der Waals surface area contributed by atoms with Gasteiger partial charge in [-0.15, -0.1) is 0 Å². The first kappa shape index (κ1) is 13.0. The van der Waals surface area contributed by atoms with Crippen molar-refractivity contribution in [2.45, 2.75) is 0 Å². The minimum Gasteiger partial charge on any atom is -0.508 e. The van der Waals surface area contributed by atoms with E-state index in [9.17, 15) is 5.11 Å². The number of nitrogens with one attached hydrogen (secondary N) is 1.